The van der Waals surface area contributed by atoms with Crippen LogP contribution in [-0.4, -0.2) is 9.55 Å². The van der Waals surface area contributed by atoms with Crippen LogP contribution in [0.5, 0.6) is 0 Å². The first-order valence-corrected chi connectivity index (χ1v) is 5.33. The number of nitrogens with zero attached hydrogens (tertiary/aromatic N) is 2. The molecule has 2 heteroatoms. The molecule has 0 atom stereocenters. The molecule has 78 valence electrons. The maximum absolute atomic E-state index is 4.21. The fourth-order valence-corrected chi connectivity index (χ4v) is 1.71. The Morgan fingerprint density at radius 2 is 1.93 bits per heavy atom. The first-order chi connectivity index (χ1) is 7.27. The van der Waals surface area contributed by atoms with Crippen LogP contribution in [0.15, 0.2) is 42.9 Å². The van der Waals surface area contributed by atoms with E-state index in [4.69, 9.17) is 0 Å². The summed E-state index contributed by atoms with van der Waals surface area (Å²) in [6.07, 6.45) is 3.83. The van der Waals surface area contributed by atoms with E-state index in [1.165, 1.54) is 11.3 Å². The molecule has 2 nitrogen and oxygen atoms in total. The second kappa shape index (κ2) is 4.30. The Balaban J connectivity index is 2.33. The predicted molar refractivity (Wildman–Crippen MR) is 62.5 cm³/mol. The number of rotatable bonds is 3. The Kier molecular flexibility index (Phi) is 2.86. The Labute approximate surface area is 90.6 Å². The van der Waals surface area contributed by atoms with Gasteiger partial charge in [-0.25, -0.2) is 4.98 Å². The third-order valence-corrected chi connectivity index (χ3v) is 2.34. The topological polar surface area (TPSA) is 17.8 Å². The molecular weight excluding hydrogens is 184 g/mol. The summed E-state index contributed by atoms with van der Waals surface area (Å²) in [4.78, 5) is 4.21. The molecule has 0 bridgehead atoms. The van der Waals surface area contributed by atoms with Crippen molar-refractivity contribution in [3.05, 3.63) is 42.9 Å². The molecule has 1 aromatic carbocycles. The normalized spacial score (nSPS) is 10.9. The van der Waals surface area contributed by atoms with Gasteiger partial charge >= 0.3 is 0 Å². The van der Waals surface area contributed by atoms with E-state index in [0.29, 0.717) is 5.92 Å². The van der Waals surface area contributed by atoms with Crippen molar-refractivity contribution in [2.75, 3.05) is 0 Å². The molecule has 0 amide bonds. The lowest BCUT2D eigenvalue weighted by atomic mass is 10.1. The summed E-state index contributed by atoms with van der Waals surface area (Å²) < 4.78 is 2.21. The first kappa shape index (κ1) is 9.97. The molecule has 0 fully saturated rings. The van der Waals surface area contributed by atoms with Crippen LogP contribution in [0.25, 0.3) is 11.3 Å². The maximum atomic E-state index is 4.21. The van der Waals surface area contributed by atoms with E-state index in [2.05, 4.69) is 47.7 Å². The molecule has 0 unspecified atom stereocenters. The summed E-state index contributed by atoms with van der Waals surface area (Å²) in [5, 5.41) is 0. The van der Waals surface area contributed by atoms with Crippen LogP contribution in [0.2, 0.25) is 0 Å². The average molecular weight is 200 g/mol. The lowest BCUT2D eigenvalue weighted by molar-refractivity contribution is 0.526. The van der Waals surface area contributed by atoms with Crippen LogP contribution in [0.3, 0.4) is 0 Å². The summed E-state index contributed by atoms with van der Waals surface area (Å²) >= 11 is 0. The first-order valence-electron chi connectivity index (χ1n) is 5.33. The van der Waals surface area contributed by atoms with Crippen LogP contribution >= 0.6 is 0 Å². The van der Waals surface area contributed by atoms with Gasteiger partial charge in [-0.15, -0.1) is 0 Å². The van der Waals surface area contributed by atoms with Gasteiger partial charge in [0.05, 0.1) is 18.2 Å². The van der Waals surface area contributed by atoms with Gasteiger partial charge < -0.3 is 4.57 Å². The zero-order valence-corrected chi connectivity index (χ0v) is 9.22. The molecule has 1 aromatic heterocycles. The van der Waals surface area contributed by atoms with Crippen molar-refractivity contribution >= 4 is 0 Å². The molecule has 0 N–H and O–H groups in total. The molecule has 0 saturated carbocycles. The maximum Gasteiger partial charge on any atom is 0.0951 e. The van der Waals surface area contributed by atoms with E-state index in [1.807, 2.05) is 18.6 Å². The van der Waals surface area contributed by atoms with E-state index in [9.17, 15) is 0 Å². The fraction of sp³-hybridized carbons (Fsp3) is 0.308. The minimum atomic E-state index is 0.640. The SMILES string of the molecule is CC(C)Cn1cncc1-c1ccccc1. The minimum Gasteiger partial charge on any atom is -0.330 e. The van der Waals surface area contributed by atoms with Gasteiger partial charge in [0.25, 0.3) is 0 Å². The van der Waals surface area contributed by atoms with Crippen LogP contribution in [-0.2, 0) is 6.54 Å². The predicted octanol–water partition coefficient (Wildman–Crippen LogP) is 3.21. The smallest absolute Gasteiger partial charge is 0.0951 e. The Hall–Kier alpha value is -1.57. The highest BCUT2D eigenvalue weighted by Crippen LogP contribution is 2.19. The highest BCUT2D eigenvalue weighted by atomic mass is 15.0. The van der Waals surface area contributed by atoms with E-state index < -0.39 is 0 Å². The third kappa shape index (κ3) is 2.27. The van der Waals surface area contributed by atoms with Gasteiger partial charge in [0.15, 0.2) is 0 Å². The molecule has 0 aliphatic carbocycles. The lowest BCUT2D eigenvalue weighted by Crippen LogP contribution is -2.04. The lowest BCUT2D eigenvalue weighted by Gasteiger charge is -2.10. The fourth-order valence-electron chi connectivity index (χ4n) is 1.71. The summed E-state index contributed by atoms with van der Waals surface area (Å²) in [6.45, 7) is 5.45. The van der Waals surface area contributed by atoms with E-state index in [0.717, 1.165) is 6.54 Å². The zero-order valence-electron chi connectivity index (χ0n) is 9.22. The van der Waals surface area contributed by atoms with Gasteiger partial charge in [0.1, 0.15) is 0 Å². The van der Waals surface area contributed by atoms with Crippen LogP contribution in [0, 0.1) is 5.92 Å². The summed E-state index contributed by atoms with van der Waals surface area (Å²) in [6, 6.07) is 10.4. The quantitative estimate of drug-likeness (QED) is 0.744. The second-order valence-corrected chi connectivity index (χ2v) is 4.19. The van der Waals surface area contributed by atoms with Crippen molar-refractivity contribution < 1.29 is 0 Å². The third-order valence-electron chi connectivity index (χ3n) is 2.34. The number of aromatic nitrogens is 2. The van der Waals surface area contributed by atoms with Gasteiger partial charge in [0.2, 0.25) is 0 Å². The van der Waals surface area contributed by atoms with Gasteiger partial charge in [-0.05, 0) is 11.5 Å². The number of benzene rings is 1. The largest absolute Gasteiger partial charge is 0.330 e. The van der Waals surface area contributed by atoms with Gasteiger partial charge in [-0.3, -0.25) is 0 Å². The van der Waals surface area contributed by atoms with E-state index in [-0.39, 0.29) is 0 Å². The molecule has 0 saturated heterocycles. The average Bonchev–Trinajstić information content (AvgIpc) is 2.66. The molecular formula is C13H16N2. The highest BCUT2D eigenvalue weighted by Gasteiger charge is 2.05. The van der Waals surface area contributed by atoms with Crippen molar-refractivity contribution in [1.29, 1.82) is 0 Å². The molecule has 0 aliphatic heterocycles. The van der Waals surface area contributed by atoms with Gasteiger partial charge in [-0.2, -0.15) is 0 Å². The molecule has 0 aliphatic rings. The monoisotopic (exact) mass is 200 g/mol. The van der Waals surface area contributed by atoms with Crippen LogP contribution in [0.4, 0.5) is 0 Å². The summed E-state index contributed by atoms with van der Waals surface area (Å²) in [5.74, 6) is 0.640. The molecule has 1 heterocycles. The van der Waals surface area contributed by atoms with Crippen molar-refractivity contribution in [1.82, 2.24) is 9.55 Å². The molecule has 0 radical (unpaired) electrons. The van der Waals surface area contributed by atoms with E-state index in [1.54, 1.807) is 0 Å². The van der Waals surface area contributed by atoms with E-state index >= 15 is 0 Å². The summed E-state index contributed by atoms with van der Waals surface area (Å²) in [5.41, 5.74) is 2.43. The van der Waals surface area contributed by atoms with Crippen molar-refractivity contribution in [2.45, 2.75) is 20.4 Å². The molecule has 15 heavy (non-hydrogen) atoms. The Morgan fingerprint density at radius 1 is 1.20 bits per heavy atom. The standard InChI is InChI=1S/C13H16N2/c1-11(2)9-15-10-14-8-13(15)12-6-4-3-5-7-12/h3-8,10-11H,9H2,1-2H3. The minimum absolute atomic E-state index is 0.640. The van der Waals surface area contributed by atoms with Crippen molar-refractivity contribution in [3.8, 4) is 11.3 Å². The van der Waals surface area contributed by atoms with Crippen molar-refractivity contribution in [3.63, 3.8) is 0 Å². The number of hydrogen-bond acceptors (Lipinski definition) is 1. The van der Waals surface area contributed by atoms with Crippen LogP contribution < -0.4 is 0 Å². The molecule has 0 spiro atoms. The Morgan fingerprint density at radius 3 is 2.60 bits per heavy atom. The number of hydrogen-bond donors (Lipinski definition) is 0. The molecule has 2 aromatic rings. The van der Waals surface area contributed by atoms with Crippen molar-refractivity contribution in [2.24, 2.45) is 5.92 Å². The zero-order chi connectivity index (χ0) is 10.7. The highest BCUT2D eigenvalue weighted by molar-refractivity contribution is 5.58. The summed E-state index contributed by atoms with van der Waals surface area (Å²) in [7, 11) is 0. The van der Waals surface area contributed by atoms with Crippen LogP contribution in [0.1, 0.15) is 13.8 Å². The Bertz CT molecular complexity index is 415. The number of imidazole rings is 1. The van der Waals surface area contributed by atoms with Gasteiger partial charge in [0, 0.05) is 6.54 Å². The van der Waals surface area contributed by atoms with Gasteiger partial charge in [-0.1, -0.05) is 44.2 Å². The second-order valence-electron chi connectivity index (χ2n) is 4.19. The molecule has 2 rings (SSSR count).